The number of para-hydroxylation sites is 1. The molecule has 30 heavy (non-hydrogen) atoms. The monoisotopic (exact) mass is 426 g/mol. The number of rotatable bonds is 7. The summed E-state index contributed by atoms with van der Waals surface area (Å²) in [4.78, 5) is 25.5. The van der Waals surface area contributed by atoms with Gasteiger partial charge in [0.05, 0.1) is 24.4 Å². The van der Waals surface area contributed by atoms with E-state index in [9.17, 15) is 9.59 Å². The second kappa shape index (κ2) is 8.19. The summed E-state index contributed by atoms with van der Waals surface area (Å²) in [5.74, 6) is 1.58. The van der Waals surface area contributed by atoms with E-state index in [1.165, 1.54) is 4.68 Å². The Morgan fingerprint density at radius 1 is 1.20 bits per heavy atom. The van der Waals surface area contributed by atoms with Crippen molar-refractivity contribution < 1.29 is 14.3 Å². The molecule has 9 heteroatoms. The fourth-order valence-electron chi connectivity index (χ4n) is 3.54. The van der Waals surface area contributed by atoms with Crippen molar-refractivity contribution in [2.24, 2.45) is 0 Å². The number of aromatic nitrogens is 3. The SMILES string of the molecule is CCc1nn(CC(=O)NCc2cccc(OC)c2OC)c(=O)c2cc3sccc3n12. The fourth-order valence-corrected chi connectivity index (χ4v) is 4.34. The quantitative estimate of drug-likeness (QED) is 0.491. The van der Waals surface area contributed by atoms with Crippen LogP contribution < -0.4 is 20.3 Å². The predicted molar refractivity (Wildman–Crippen MR) is 116 cm³/mol. The third-order valence-electron chi connectivity index (χ3n) is 4.94. The summed E-state index contributed by atoms with van der Waals surface area (Å²) in [6, 6.07) is 9.30. The van der Waals surface area contributed by atoms with Gasteiger partial charge in [0, 0.05) is 18.5 Å². The highest BCUT2D eigenvalue weighted by atomic mass is 32.1. The summed E-state index contributed by atoms with van der Waals surface area (Å²) < 4.78 is 14.8. The van der Waals surface area contributed by atoms with Gasteiger partial charge in [-0.05, 0) is 23.6 Å². The molecule has 0 saturated heterocycles. The van der Waals surface area contributed by atoms with Crippen LogP contribution in [0.15, 0.2) is 40.5 Å². The molecule has 4 rings (SSSR count). The normalized spacial score (nSPS) is 11.2. The molecule has 0 unspecified atom stereocenters. The van der Waals surface area contributed by atoms with Crippen LogP contribution in [0.2, 0.25) is 0 Å². The molecule has 4 aromatic rings. The van der Waals surface area contributed by atoms with Crippen molar-refractivity contribution in [2.45, 2.75) is 26.4 Å². The summed E-state index contributed by atoms with van der Waals surface area (Å²) in [6.07, 6.45) is 0.638. The molecule has 0 saturated carbocycles. The largest absolute Gasteiger partial charge is 0.493 e. The Morgan fingerprint density at radius 3 is 2.77 bits per heavy atom. The number of nitrogens with zero attached hydrogens (tertiary/aromatic N) is 3. The lowest BCUT2D eigenvalue weighted by Crippen LogP contribution is -2.35. The van der Waals surface area contributed by atoms with E-state index in [0.717, 1.165) is 21.6 Å². The Bertz CT molecular complexity index is 1290. The number of thiophene rings is 1. The molecule has 3 aromatic heterocycles. The molecule has 0 fully saturated rings. The number of nitrogens with one attached hydrogen (secondary N) is 1. The average molecular weight is 426 g/mol. The van der Waals surface area contributed by atoms with E-state index >= 15 is 0 Å². The molecule has 1 aromatic carbocycles. The standard InChI is InChI=1S/C21H22N4O4S/c1-4-18-23-24(21(27)15-10-17-14(25(15)18)8-9-30-17)12-19(26)22-11-13-6-5-7-16(28-2)20(13)29-3/h5-10H,4,11-12H2,1-3H3,(H,22,26). The Hall–Kier alpha value is -3.33. The first-order valence-electron chi connectivity index (χ1n) is 9.52. The van der Waals surface area contributed by atoms with Crippen LogP contribution in [0.3, 0.4) is 0 Å². The molecule has 1 amide bonds. The first kappa shape index (κ1) is 20.0. The molecule has 0 aliphatic heterocycles. The number of methoxy groups -OCH3 is 2. The minimum Gasteiger partial charge on any atom is -0.493 e. The van der Waals surface area contributed by atoms with Crippen LogP contribution in [0.1, 0.15) is 18.3 Å². The Kier molecular flexibility index (Phi) is 5.45. The molecule has 1 N–H and O–H groups in total. The molecule has 0 spiro atoms. The van der Waals surface area contributed by atoms with E-state index in [4.69, 9.17) is 9.47 Å². The van der Waals surface area contributed by atoms with Crippen molar-refractivity contribution in [1.82, 2.24) is 19.5 Å². The number of hydrogen-bond acceptors (Lipinski definition) is 6. The Labute approximate surface area is 176 Å². The average Bonchev–Trinajstić information content (AvgIpc) is 3.35. The van der Waals surface area contributed by atoms with Gasteiger partial charge >= 0.3 is 0 Å². The topological polar surface area (TPSA) is 86.9 Å². The molecule has 3 heterocycles. The maximum Gasteiger partial charge on any atom is 0.291 e. The second-order valence-electron chi connectivity index (χ2n) is 6.70. The van der Waals surface area contributed by atoms with Crippen LogP contribution in [0, 0.1) is 0 Å². The molecule has 0 aliphatic carbocycles. The highest BCUT2D eigenvalue weighted by Crippen LogP contribution is 2.30. The van der Waals surface area contributed by atoms with Gasteiger partial charge in [0.2, 0.25) is 5.91 Å². The third kappa shape index (κ3) is 3.41. The van der Waals surface area contributed by atoms with Crippen molar-refractivity contribution in [3.63, 3.8) is 0 Å². The smallest absolute Gasteiger partial charge is 0.291 e. The number of fused-ring (bicyclic) bond motifs is 3. The van der Waals surface area contributed by atoms with Gasteiger partial charge < -0.3 is 14.8 Å². The number of hydrogen-bond donors (Lipinski definition) is 1. The maximum atomic E-state index is 12.9. The number of benzene rings is 1. The molecule has 0 atom stereocenters. The van der Waals surface area contributed by atoms with Gasteiger partial charge in [-0.1, -0.05) is 19.1 Å². The van der Waals surface area contributed by atoms with Crippen LogP contribution in [0.5, 0.6) is 11.5 Å². The lowest BCUT2D eigenvalue weighted by atomic mass is 10.2. The number of carbonyl (C=O) groups is 1. The maximum absolute atomic E-state index is 12.9. The number of amides is 1. The zero-order valence-electron chi connectivity index (χ0n) is 17.0. The van der Waals surface area contributed by atoms with Crippen molar-refractivity contribution in [1.29, 1.82) is 0 Å². The molecule has 156 valence electrons. The molecule has 8 nitrogen and oxygen atoms in total. The summed E-state index contributed by atoms with van der Waals surface area (Å²) >= 11 is 1.57. The Morgan fingerprint density at radius 2 is 2.03 bits per heavy atom. The van der Waals surface area contributed by atoms with E-state index in [-0.39, 0.29) is 24.6 Å². The van der Waals surface area contributed by atoms with Gasteiger partial charge in [-0.2, -0.15) is 5.10 Å². The van der Waals surface area contributed by atoms with E-state index < -0.39 is 0 Å². The molecule has 0 radical (unpaired) electrons. The van der Waals surface area contributed by atoms with Crippen LogP contribution in [0.25, 0.3) is 15.7 Å². The lowest BCUT2D eigenvalue weighted by molar-refractivity contribution is -0.122. The van der Waals surface area contributed by atoms with Crippen LogP contribution in [-0.4, -0.2) is 34.3 Å². The molecular formula is C21H22N4O4S. The van der Waals surface area contributed by atoms with Crippen molar-refractivity contribution >= 4 is 33.0 Å². The number of carbonyl (C=O) groups excluding carboxylic acids is 1. The van der Waals surface area contributed by atoms with Gasteiger partial charge in [0.25, 0.3) is 5.56 Å². The van der Waals surface area contributed by atoms with Gasteiger partial charge in [-0.25, -0.2) is 4.68 Å². The van der Waals surface area contributed by atoms with E-state index in [2.05, 4.69) is 10.4 Å². The van der Waals surface area contributed by atoms with Gasteiger partial charge in [0.1, 0.15) is 17.9 Å². The van der Waals surface area contributed by atoms with Crippen molar-refractivity contribution in [3.05, 3.63) is 57.5 Å². The van der Waals surface area contributed by atoms with Gasteiger partial charge in [-0.3, -0.25) is 14.0 Å². The van der Waals surface area contributed by atoms with E-state index in [1.807, 2.05) is 41.0 Å². The summed E-state index contributed by atoms with van der Waals surface area (Å²) in [5.41, 5.74) is 2.00. The number of ether oxygens (including phenoxy) is 2. The zero-order valence-corrected chi connectivity index (χ0v) is 17.8. The summed E-state index contributed by atoms with van der Waals surface area (Å²) in [7, 11) is 3.11. The second-order valence-corrected chi connectivity index (χ2v) is 7.64. The highest BCUT2D eigenvalue weighted by molar-refractivity contribution is 7.17. The summed E-state index contributed by atoms with van der Waals surface area (Å²) in [6.45, 7) is 2.06. The molecule has 0 aliphatic rings. The third-order valence-corrected chi connectivity index (χ3v) is 5.79. The van der Waals surface area contributed by atoms with Crippen LogP contribution in [-0.2, 0) is 24.3 Å². The van der Waals surface area contributed by atoms with E-state index in [0.29, 0.717) is 23.4 Å². The molecular weight excluding hydrogens is 404 g/mol. The highest BCUT2D eigenvalue weighted by Gasteiger charge is 2.16. The minimum atomic E-state index is -0.311. The Balaban J connectivity index is 1.58. The van der Waals surface area contributed by atoms with E-state index in [1.54, 1.807) is 31.6 Å². The minimum absolute atomic E-state index is 0.159. The summed E-state index contributed by atoms with van der Waals surface area (Å²) in [5, 5.41) is 9.26. The number of aryl methyl sites for hydroxylation is 1. The lowest BCUT2D eigenvalue weighted by Gasteiger charge is -2.14. The first-order valence-corrected chi connectivity index (χ1v) is 10.4. The van der Waals surface area contributed by atoms with Crippen LogP contribution in [0.4, 0.5) is 0 Å². The van der Waals surface area contributed by atoms with Gasteiger partial charge in [-0.15, -0.1) is 11.3 Å². The fraction of sp³-hybridized carbons (Fsp3) is 0.286. The predicted octanol–water partition coefficient (Wildman–Crippen LogP) is 2.61. The first-order chi connectivity index (χ1) is 14.6. The van der Waals surface area contributed by atoms with Crippen LogP contribution >= 0.6 is 11.3 Å². The zero-order chi connectivity index (χ0) is 21.3. The van der Waals surface area contributed by atoms with Crippen molar-refractivity contribution in [2.75, 3.05) is 14.2 Å². The van der Waals surface area contributed by atoms with Gasteiger partial charge in [0.15, 0.2) is 11.5 Å². The van der Waals surface area contributed by atoms with Crippen molar-refractivity contribution in [3.8, 4) is 11.5 Å². The molecule has 0 bridgehead atoms.